The summed E-state index contributed by atoms with van der Waals surface area (Å²) in [6.45, 7) is 3.69. The number of imidazole rings is 2. The average Bonchev–Trinajstić information content (AvgIpc) is 1.55. The summed E-state index contributed by atoms with van der Waals surface area (Å²) in [5.74, 6) is -15.7. The molecule has 0 fully saturated rings. The number of phenols is 2. The first kappa shape index (κ1) is 75.6. The highest BCUT2D eigenvalue weighted by molar-refractivity contribution is 7.80. The number of thiol groups is 2. The number of phenolic OH excluding ortho intramolecular Hbond substituents is 2. The van der Waals surface area contributed by atoms with Gasteiger partial charge in [0, 0.05) is 67.4 Å². The summed E-state index contributed by atoms with van der Waals surface area (Å²) in [6, 6.07) is -5.09. The Kier molecular flexibility index (Phi) is 30.5. The Morgan fingerprint density at radius 3 is 1.40 bits per heavy atom. The first-order valence-electron chi connectivity index (χ1n) is 28.9. The van der Waals surface area contributed by atoms with Crippen LogP contribution in [0.1, 0.15) is 69.0 Å². The van der Waals surface area contributed by atoms with Crippen molar-refractivity contribution in [2.75, 3.05) is 18.1 Å². The van der Waals surface area contributed by atoms with Crippen molar-refractivity contribution in [3.8, 4) is 11.5 Å². The van der Waals surface area contributed by atoms with Crippen molar-refractivity contribution in [3.63, 3.8) is 0 Å². The Morgan fingerprint density at radius 2 is 0.935 bits per heavy atom. The van der Waals surface area contributed by atoms with E-state index in [-0.39, 0.29) is 55.3 Å². The number of aliphatic hydroxyl groups is 1. The molecule has 21 N–H and O–H groups in total. The topological polar surface area (TPSA) is 553 Å². The maximum atomic E-state index is 14.6. The summed E-state index contributed by atoms with van der Waals surface area (Å²) in [4.78, 5) is 187. The number of carboxylic acids is 2. The molecule has 4 rings (SSSR count). The van der Waals surface area contributed by atoms with Gasteiger partial charge in [0.1, 0.15) is 65.9 Å². The van der Waals surface area contributed by atoms with E-state index in [9.17, 15) is 87.9 Å². The van der Waals surface area contributed by atoms with E-state index in [2.05, 4.69) is 98.4 Å². The predicted octanol–water partition coefficient (Wildman–Crippen LogP) is -5.27. The van der Waals surface area contributed by atoms with Crippen LogP contribution in [0.15, 0.2) is 73.6 Å². The Balaban J connectivity index is 1.52. The van der Waals surface area contributed by atoms with Gasteiger partial charge in [-0.25, -0.2) is 14.8 Å². The van der Waals surface area contributed by atoms with Crippen LogP contribution >= 0.6 is 25.3 Å². The number of amides is 11. The second kappa shape index (κ2) is 37.5. The SMILES string of the molecule is CC(C)C[C@H](NC(=O)[C@H](CS)NC(=O)[C@@H](NC(=O)CNC(=O)[C@H](Cc1ccc(O)cc1)NC(=O)[C@H](Cc1ccc(O)cc1)NC(=O)[C@H](CCC(N)=O)NC(=O)[C@H](CS)NC(=O)[C@H](CC(=O)O)NC(=O)[C@@H](N)Cc1cnc[nH]1)[C@@H](C)O)C(=O)N[C@@H](Cc1cnc[nH]1)C(=O)O. The quantitative estimate of drug-likeness (QED) is 0.0186. The number of nitrogens with zero attached hydrogens (tertiary/aromatic N) is 2. The minimum absolute atomic E-state index is 0.0276. The van der Waals surface area contributed by atoms with Crippen molar-refractivity contribution < 1.29 is 87.9 Å². The minimum Gasteiger partial charge on any atom is -0.508 e. The molecule has 0 aliphatic rings. The molecule has 506 valence electrons. The molecule has 11 atom stereocenters. The van der Waals surface area contributed by atoms with Crippen molar-refractivity contribution in [3.05, 3.63) is 96.1 Å². The van der Waals surface area contributed by atoms with Crippen molar-refractivity contribution >= 4 is 102 Å². The van der Waals surface area contributed by atoms with E-state index in [1.165, 1.54) is 73.6 Å². The summed E-state index contributed by atoms with van der Waals surface area (Å²) in [5.41, 5.74) is 12.9. The molecule has 4 aromatic rings. The smallest absolute Gasteiger partial charge is 0.326 e. The van der Waals surface area contributed by atoms with E-state index in [1.807, 2.05) is 0 Å². The number of hydrogen-bond acceptors (Lipinski definition) is 21. The summed E-state index contributed by atoms with van der Waals surface area (Å²) in [6.07, 6.45) is 0.815. The maximum Gasteiger partial charge on any atom is 0.326 e. The number of aliphatic hydroxyl groups excluding tert-OH is 1. The van der Waals surface area contributed by atoms with Gasteiger partial charge in [0.25, 0.3) is 0 Å². The third kappa shape index (κ3) is 26.1. The Labute approximate surface area is 542 Å². The highest BCUT2D eigenvalue weighted by Gasteiger charge is 2.36. The molecule has 2 aromatic carbocycles. The number of carbonyl (C=O) groups excluding carboxylic acids is 11. The van der Waals surface area contributed by atoms with Crippen LogP contribution in [0.3, 0.4) is 0 Å². The number of rotatable bonds is 39. The molecule has 0 unspecified atom stereocenters. The number of nitrogens with one attached hydrogen (secondary N) is 12. The van der Waals surface area contributed by atoms with E-state index >= 15 is 0 Å². The van der Waals surface area contributed by atoms with Gasteiger partial charge in [-0.15, -0.1) is 0 Å². The van der Waals surface area contributed by atoms with Gasteiger partial charge in [-0.05, 0) is 61.1 Å². The number of aromatic nitrogens is 4. The van der Waals surface area contributed by atoms with Gasteiger partial charge >= 0.3 is 11.9 Å². The molecule has 0 aliphatic carbocycles. The number of carbonyl (C=O) groups is 13. The third-order valence-electron chi connectivity index (χ3n) is 13.7. The van der Waals surface area contributed by atoms with Crippen molar-refractivity contribution in [2.24, 2.45) is 17.4 Å². The predicted molar refractivity (Wildman–Crippen MR) is 334 cm³/mol. The first-order chi connectivity index (χ1) is 44.0. The number of H-pyrrole nitrogens is 2. The molecule has 36 heteroatoms. The zero-order valence-electron chi connectivity index (χ0n) is 50.6. The molecular formula is C57H78N16O18S2. The van der Waals surface area contributed by atoms with Crippen LogP contribution in [0, 0.1) is 5.92 Å². The molecule has 0 aliphatic heterocycles. The highest BCUT2D eigenvalue weighted by atomic mass is 32.1. The largest absolute Gasteiger partial charge is 0.508 e. The molecule has 2 aromatic heterocycles. The first-order valence-corrected chi connectivity index (χ1v) is 30.1. The highest BCUT2D eigenvalue weighted by Crippen LogP contribution is 2.16. The normalized spacial score (nSPS) is 14.6. The summed E-state index contributed by atoms with van der Waals surface area (Å²) < 4.78 is 0. The number of nitrogens with two attached hydrogens (primary N) is 2. The summed E-state index contributed by atoms with van der Waals surface area (Å²) in [7, 11) is 0. The van der Waals surface area contributed by atoms with Gasteiger partial charge in [-0.1, -0.05) is 38.1 Å². The maximum absolute atomic E-state index is 14.6. The van der Waals surface area contributed by atoms with Gasteiger partial charge in [0.2, 0.25) is 65.0 Å². The van der Waals surface area contributed by atoms with Crippen LogP contribution in [0.5, 0.6) is 11.5 Å². The number of aliphatic carboxylic acids is 2. The van der Waals surface area contributed by atoms with Crippen LogP contribution in [-0.2, 0) is 88.0 Å². The summed E-state index contributed by atoms with van der Waals surface area (Å²) >= 11 is 8.32. The second-order valence-electron chi connectivity index (χ2n) is 21.8. The number of aromatic hydroxyl groups is 2. The summed E-state index contributed by atoms with van der Waals surface area (Å²) in [5, 5.41) is 73.9. The minimum atomic E-state index is -1.80. The van der Waals surface area contributed by atoms with Crippen LogP contribution in [-0.4, -0.2) is 207 Å². The lowest BCUT2D eigenvalue weighted by Crippen LogP contribution is -2.61. The molecule has 0 radical (unpaired) electrons. The molecule has 34 nitrogen and oxygen atoms in total. The zero-order chi connectivity index (χ0) is 69.1. The number of carboxylic acid groups (broad SMARTS) is 2. The Morgan fingerprint density at radius 1 is 0.516 bits per heavy atom. The average molecular weight is 1340 g/mol. The molecule has 2 heterocycles. The zero-order valence-corrected chi connectivity index (χ0v) is 52.4. The second-order valence-corrected chi connectivity index (χ2v) is 22.6. The molecule has 0 bridgehead atoms. The van der Waals surface area contributed by atoms with Crippen LogP contribution < -0.4 is 64.6 Å². The molecule has 0 saturated carbocycles. The van der Waals surface area contributed by atoms with Gasteiger partial charge in [-0.3, -0.25) is 57.5 Å². The van der Waals surface area contributed by atoms with E-state index in [0.717, 1.165) is 6.92 Å². The van der Waals surface area contributed by atoms with Crippen LogP contribution in [0.25, 0.3) is 0 Å². The third-order valence-corrected chi connectivity index (χ3v) is 14.5. The van der Waals surface area contributed by atoms with E-state index in [0.29, 0.717) is 22.5 Å². The lowest BCUT2D eigenvalue weighted by Gasteiger charge is -2.27. The standard InChI is InChI=1S/C57H78N16O18S2/c1-27(2)14-37(51(84)70-41(57(90)91)18-32-21-61-26-64-32)67-55(88)43(24-93)72-56(89)47(28(3)74)73-45(78)22-62-49(82)38(15-29-4-8-33(75)9-5-29)68-52(85)39(16-30-6-10-34(76)11-7-30)69-50(83)36(12-13-44(59)77)65-54(87)42(23-92)71-53(86)40(19-46(79)80)66-48(81)35(58)17-31-20-60-25-63-31/h4-11,20-21,25-28,35-43,47,74-76,92-93H,12-19,22-24,58H2,1-3H3,(H2,59,77)(H,60,63)(H,61,64)(H,62,82)(H,65,87)(H,66,81)(H,67,88)(H,68,85)(H,69,83)(H,70,84)(H,71,86)(H,72,89)(H,73,78)(H,79,80)(H,90,91)/t28-,35+,36+,37+,38+,39+,40+,41+,42+,43+,47+/m1/s1. The molecule has 11 amide bonds. The van der Waals surface area contributed by atoms with E-state index in [4.69, 9.17) is 11.5 Å². The number of hydrogen-bond donors (Lipinski definition) is 21. The Bertz CT molecular complexity index is 3210. The fourth-order valence-electron chi connectivity index (χ4n) is 8.82. The fraction of sp³-hybridized carbons (Fsp3) is 0.456. The number of primary amides is 1. The van der Waals surface area contributed by atoms with Gasteiger partial charge < -0.3 is 100 Å². The van der Waals surface area contributed by atoms with E-state index < -0.39 is 175 Å². The monoisotopic (exact) mass is 1340 g/mol. The Hall–Kier alpha value is -9.81. The van der Waals surface area contributed by atoms with Crippen molar-refractivity contribution in [1.29, 1.82) is 0 Å². The fourth-order valence-corrected chi connectivity index (χ4v) is 9.34. The van der Waals surface area contributed by atoms with Crippen LogP contribution in [0.4, 0.5) is 0 Å². The number of benzene rings is 2. The lowest BCUT2D eigenvalue weighted by atomic mass is 10.0. The number of aromatic amines is 2. The van der Waals surface area contributed by atoms with Crippen molar-refractivity contribution in [1.82, 2.24) is 73.1 Å². The molecule has 0 saturated heterocycles. The van der Waals surface area contributed by atoms with Gasteiger partial charge in [-0.2, -0.15) is 25.3 Å². The van der Waals surface area contributed by atoms with Gasteiger partial charge in [0.15, 0.2) is 0 Å². The van der Waals surface area contributed by atoms with Crippen molar-refractivity contribution in [2.45, 2.75) is 139 Å². The van der Waals surface area contributed by atoms with Crippen LogP contribution in [0.2, 0.25) is 0 Å². The lowest BCUT2D eigenvalue weighted by molar-refractivity contribution is -0.142. The van der Waals surface area contributed by atoms with Gasteiger partial charge in [0.05, 0.1) is 37.8 Å². The molecular weight excluding hydrogens is 1260 g/mol. The van der Waals surface area contributed by atoms with E-state index in [1.54, 1.807) is 13.8 Å². The molecule has 93 heavy (non-hydrogen) atoms. The molecule has 0 spiro atoms.